The smallest absolute Gasteiger partial charge is 0.119 e. The Bertz CT molecular complexity index is 547. The minimum atomic E-state index is -0.194. The van der Waals surface area contributed by atoms with Gasteiger partial charge in [0.2, 0.25) is 0 Å². The molecule has 1 heteroatoms. The van der Waals surface area contributed by atoms with Gasteiger partial charge in [-0.1, -0.05) is 50.2 Å². The quantitative estimate of drug-likeness (QED) is 0.828. The number of hydrogen-bond acceptors (Lipinski definition) is 1. The summed E-state index contributed by atoms with van der Waals surface area (Å²) in [6.07, 6.45) is 0. The molecule has 0 atom stereocenters. The van der Waals surface area contributed by atoms with E-state index in [0.717, 1.165) is 11.1 Å². The second kappa shape index (κ2) is 4.49. The van der Waals surface area contributed by atoms with Gasteiger partial charge in [-0.05, 0) is 36.6 Å². The Balaban J connectivity index is 2.66. The van der Waals surface area contributed by atoms with Crippen LogP contribution in [0.4, 0.5) is 0 Å². The Kier molecular flexibility index (Phi) is 3.16. The van der Waals surface area contributed by atoms with Gasteiger partial charge in [0.25, 0.3) is 0 Å². The van der Waals surface area contributed by atoms with Crippen molar-refractivity contribution in [2.75, 3.05) is 0 Å². The second-order valence-electron chi connectivity index (χ2n) is 5.41. The molecule has 0 bridgehead atoms. The van der Waals surface area contributed by atoms with E-state index in [0.29, 0.717) is 5.75 Å². The lowest BCUT2D eigenvalue weighted by Crippen LogP contribution is -2.21. The van der Waals surface area contributed by atoms with Crippen molar-refractivity contribution >= 4 is 0 Å². The van der Waals surface area contributed by atoms with Crippen LogP contribution in [0.15, 0.2) is 42.5 Å². The summed E-state index contributed by atoms with van der Waals surface area (Å²) in [5.41, 5.74) is 4.46. The van der Waals surface area contributed by atoms with Gasteiger partial charge in [0.15, 0.2) is 0 Å². The molecule has 2 aromatic rings. The highest BCUT2D eigenvalue weighted by atomic mass is 16.3. The summed E-state index contributed by atoms with van der Waals surface area (Å²) in [5, 5.41) is 10.2. The van der Waals surface area contributed by atoms with E-state index in [1.807, 2.05) is 12.1 Å². The van der Waals surface area contributed by atoms with Crippen LogP contribution in [0.2, 0.25) is 0 Å². The molecule has 0 spiro atoms. The Morgan fingerprint density at radius 3 is 2.06 bits per heavy atom. The normalized spacial score (nSPS) is 11.6. The molecule has 2 rings (SSSR count). The maximum atomic E-state index is 10.2. The van der Waals surface area contributed by atoms with Crippen LogP contribution in [0.25, 0.3) is 0 Å². The lowest BCUT2D eigenvalue weighted by Gasteiger charge is -2.30. The fourth-order valence-electron chi connectivity index (χ4n) is 2.87. The minimum absolute atomic E-state index is 0.194. The van der Waals surface area contributed by atoms with Gasteiger partial charge in [0.05, 0.1) is 0 Å². The molecule has 0 radical (unpaired) electrons. The van der Waals surface area contributed by atoms with Crippen LogP contribution in [0.3, 0.4) is 0 Å². The molecule has 0 aliphatic rings. The Morgan fingerprint density at radius 1 is 0.833 bits per heavy atom. The van der Waals surface area contributed by atoms with Gasteiger partial charge >= 0.3 is 0 Å². The Hall–Kier alpha value is -1.76. The molecule has 18 heavy (non-hydrogen) atoms. The number of aromatic hydroxyl groups is 1. The standard InChI is InChI=1S/C17H20O/c1-12-8-5-6-10-14(12)17(3,4)16-13(2)9-7-11-15(16)18/h5-11,18H,1-4H3. The third kappa shape index (κ3) is 2.01. The summed E-state index contributed by atoms with van der Waals surface area (Å²) in [4.78, 5) is 0. The third-order valence-corrected chi connectivity index (χ3v) is 3.69. The lowest BCUT2D eigenvalue weighted by atomic mass is 9.74. The minimum Gasteiger partial charge on any atom is -0.508 e. The van der Waals surface area contributed by atoms with E-state index < -0.39 is 0 Å². The molecule has 0 saturated heterocycles. The monoisotopic (exact) mass is 240 g/mol. The predicted molar refractivity (Wildman–Crippen MR) is 76.2 cm³/mol. The number of benzene rings is 2. The van der Waals surface area contributed by atoms with Gasteiger partial charge < -0.3 is 5.11 Å². The zero-order valence-electron chi connectivity index (χ0n) is 11.5. The van der Waals surface area contributed by atoms with E-state index in [1.54, 1.807) is 6.07 Å². The van der Waals surface area contributed by atoms with E-state index in [-0.39, 0.29) is 5.41 Å². The average Bonchev–Trinajstić information content (AvgIpc) is 2.28. The van der Waals surface area contributed by atoms with E-state index in [4.69, 9.17) is 0 Å². The van der Waals surface area contributed by atoms with E-state index in [1.165, 1.54) is 11.1 Å². The van der Waals surface area contributed by atoms with Crippen molar-refractivity contribution in [1.29, 1.82) is 0 Å². The van der Waals surface area contributed by atoms with Crippen LogP contribution >= 0.6 is 0 Å². The first kappa shape index (κ1) is 12.7. The Labute approximate surface area is 109 Å². The van der Waals surface area contributed by atoms with Crippen molar-refractivity contribution < 1.29 is 5.11 Å². The molecule has 0 amide bonds. The first-order chi connectivity index (χ1) is 8.44. The van der Waals surface area contributed by atoms with E-state index >= 15 is 0 Å². The summed E-state index contributed by atoms with van der Waals surface area (Å²) < 4.78 is 0. The molecule has 0 fully saturated rings. The van der Waals surface area contributed by atoms with Crippen LogP contribution in [0, 0.1) is 13.8 Å². The summed E-state index contributed by atoms with van der Waals surface area (Å²) in [5.74, 6) is 0.378. The first-order valence-electron chi connectivity index (χ1n) is 6.29. The maximum Gasteiger partial charge on any atom is 0.119 e. The van der Waals surface area contributed by atoms with Crippen LogP contribution in [0.5, 0.6) is 5.75 Å². The van der Waals surface area contributed by atoms with Crippen LogP contribution in [-0.4, -0.2) is 5.11 Å². The van der Waals surface area contributed by atoms with Crippen LogP contribution in [-0.2, 0) is 5.41 Å². The molecule has 0 aliphatic carbocycles. The topological polar surface area (TPSA) is 20.2 Å². The number of aryl methyl sites for hydroxylation is 2. The molecule has 0 aliphatic heterocycles. The van der Waals surface area contributed by atoms with Crippen molar-refractivity contribution in [3.63, 3.8) is 0 Å². The maximum absolute atomic E-state index is 10.2. The molecule has 94 valence electrons. The molecular weight excluding hydrogens is 220 g/mol. The van der Waals surface area contributed by atoms with Crippen LogP contribution in [0.1, 0.15) is 36.1 Å². The van der Waals surface area contributed by atoms with Gasteiger partial charge in [0.1, 0.15) is 5.75 Å². The zero-order chi connectivity index (χ0) is 13.3. The van der Waals surface area contributed by atoms with Crippen molar-refractivity contribution in [3.05, 3.63) is 64.7 Å². The molecule has 0 heterocycles. The van der Waals surface area contributed by atoms with Gasteiger partial charge in [-0.2, -0.15) is 0 Å². The molecule has 2 aromatic carbocycles. The SMILES string of the molecule is Cc1ccccc1C(C)(C)c1c(C)cccc1O. The number of phenolic OH excluding ortho intramolecular Hbond substituents is 1. The summed E-state index contributed by atoms with van der Waals surface area (Å²) in [6.45, 7) is 8.50. The van der Waals surface area contributed by atoms with E-state index in [2.05, 4.69) is 52.0 Å². The fraction of sp³-hybridized carbons (Fsp3) is 0.294. The first-order valence-corrected chi connectivity index (χ1v) is 6.29. The molecule has 0 aromatic heterocycles. The highest BCUT2D eigenvalue weighted by Gasteiger charge is 2.28. The molecular formula is C17H20O. The predicted octanol–water partition coefficient (Wildman–Crippen LogP) is 4.33. The third-order valence-electron chi connectivity index (χ3n) is 3.69. The van der Waals surface area contributed by atoms with Gasteiger partial charge in [-0.3, -0.25) is 0 Å². The van der Waals surface area contributed by atoms with Crippen molar-refractivity contribution in [2.24, 2.45) is 0 Å². The Morgan fingerprint density at radius 2 is 1.44 bits per heavy atom. The van der Waals surface area contributed by atoms with Gasteiger partial charge in [-0.15, -0.1) is 0 Å². The molecule has 1 nitrogen and oxygen atoms in total. The summed E-state index contributed by atoms with van der Waals surface area (Å²) in [6, 6.07) is 14.1. The summed E-state index contributed by atoms with van der Waals surface area (Å²) >= 11 is 0. The van der Waals surface area contributed by atoms with Crippen LogP contribution < -0.4 is 0 Å². The molecule has 1 N–H and O–H groups in total. The average molecular weight is 240 g/mol. The number of rotatable bonds is 2. The lowest BCUT2D eigenvalue weighted by molar-refractivity contribution is 0.451. The van der Waals surface area contributed by atoms with Gasteiger partial charge in [0, 0.05) is 11.0 Å². The fourth-order valence-corrected chi connectivity index (χ4v) is 2.87. The van der Waals surface area contributed by atoms with Crippen molar-refractivity contribution in [1.82, 2.24) is 0 Å². The highest BCUT2D eigenvalue weighted by Crippen LogP contribution is 2.39. The van der Waals surface area contributed by atoms with Crippen molar-refractivity contribution in [2.45, 2.75) is 33.1 Å². The zero-order valence-corrected chi connectivity index (χ0v) is 11.5. The van der Waals surface area contributed by atoms with Crippen molar-refractivity contribution in [3.8, 4) is 5.75 Å². The summed E-state index contributed by atoms with van der Waals surface area (Å²) in [7, 11) is 0. The largest absolute Gasteiger partial charge is 0.508 e. The highest BCUT2D eigenvalue weighted by molar-refractivity contribution is 5.51. The second-order valence-corrected chi connectivity index (χ2v) is 5.41. The number of phenols is 1. The van der Waals surface area contributed by atoms with E-state index in [9.17, 15) is 5.11 Å². The molecule has 0 saturated carbocycles. The number of hydrogen-bond donors (Lipinski definition) is 1. The van der Waals surface area contributed by atoms with Gasteiger partial charge in [-0.25, -0.2) is 0 Å². The molecule has 0 unspecified atom stereocenters.